The van der Waals surface area contributed by atoms with Crippen molar-refractivity contribution >= 4 is 17.3 Å². The fourth-order valence-corrected chi connectivity index (χ4v) is 3.40. The number of aliphatic hydroxyl groups excluding tert-OH is 1. The number of aromatic nitrogens is 1. The van der Waals surface area contributed by atoms with Gasteiger partial charge in [0.25, 0.3) is 0 Å². The lowest BCUT2D eigenvalue weighted by atomic mass is 9.89. The molecular formula is C19H22N2O4. The van der Waals surface area contributed by atoms with E-state index >= 15 is 0 Å². The molecular weight excluding hydrogens is 320 g/mol. The van der Waals surface area contributed by atoms with Gasteiger partial charge in [-0.25, -0.2) is 0 Å². The number of aliphatic imine (C=N–C) groups is 1. The summed E-state index contributed by atoms with van der Waals surface area (Å²) in [5.74, 6) is 0.629. The van der Waals surface area contributed by atoms with E-state index in [1.165, 1.54) is 0 Å². The number of allylic oxidation sites excluding steroid dienone is 2. The number of hydrogen-bond acceptors (Lipinski definition) is 6. The maximum absolute atomic E-state index is 12.2. The van der Waals surface area contributed by atoms with Gasteiger partial charge in [0.1, 0.15) is 11.5 Å². The van der Waals surface area contributed by atoms with Crippen LogP contribution in [0.3, 0.4) is 0 Å². The zero-order chi connectivity index (χ0) is 17.8. The van der Waals surface area contributed by atoms with Gasteiger partial charge in [-0.2, -0.15) is 0 Å². The maximum Gasteiger partial charge on any atom is 0.168 e. The predicted molar refractivity (Wildman–Crippen MR) is 93.1 cm³/mol. The monoisotopic (exact) mass is 342 g/mol. The molecule has 0 bridgehead atoms. The van der Waals surface area contributed by atoms with E-state index in [2.05, 4.69) is 16.7 Å². The summed E-state index contributed by atoms with van der Waals surface area (Å²) in [5.41, 5.74) is 2.11. The standard InChI is InChI=1S/C19H22N2O4/c1-2-11-20-12-5-3-6-14(22)18(12)16(24)10-9-13-19-15(23)7-4-8-17(19)25-21-13/h2,24H,1,3-11H2/b18-16-,20-12?. The molecule has 0 unspecified atom stereocenters. The first-order valence-corrected chi connectivity index (χ1v) is 8.72. The molecule has 0 aliphatic heterocycles. The molecule has 3 rings (SSSR count). The second-order valence-electron chi connectivity index (χ2n) is 6.38. The SMILES string of the molecule is C=CCN=C1CCCC(=O)/C1=C(\O)CCc1noc2c1C(=O)CCC2. The third kappa shape index (κ3) is 3.62. The molecule has 0 radical (unpaired) electrons. The lowest BCUT2D eigenvalue weighted by molar-refractivity contribution is -0.115. The van der Waals surface area contributed by atoms with Crippen molar-refractivity contribution in [3.63, 3.8) is 0 Å². The Hall–Kier alpha value is -2.50. The summed E-state index contributed by atoms with van der Waals surface area (Å²) in [4.78, 5) is 28.7. The lowest BCUT2D eigenvalue weighted by Gasteiger charge is -2.17. The van der Waals surface area contributed by atoms with Gasteiger partial charge in [-0.15, -0.1) is 6.58 Å². The third-order valence-electron chi connectivity index (χ3n) is 4.60. The van der Waals surface area contributed by atoms with Gasteiger partial charge in [0.15, 0.2) is 11.6 Å². The highest BCUT2D eigenvalue weighted by Crippen LogP contribution is 2.27. The number of hydrogen-bond donors (Lipinski definition) is 1. The van der Waals surface area contributed by atoms with E-state index < -0.39 is 0 Å². The molecule has 0 saturated heterocycles. The number of aryl methyl sites for hydroxylation is 2. The molecule has 132 valence electrons. The fraction of sp³-hybridized carbons (Fsp3) is 0.474. The van der Waals surface area contributed by atoms with Crippen LogP contribution in [-0.2, 0) is 17.6 Å². The van der Waals surface area contributed by atoms with Gasteiger partial charge >= 0.3 is 0 Å². The van der Waals surface area contributed by atoms with Crippen molar-refractivity contribution in [3.8, 4) is 0 Å². The highest BCUT2D eigenvalue weighted by Gasteiger charge is 2.28. The van der Waals surface area contributed by atoms with E-state index in [-0.39, 0.29) is 23.7 Å². The lowest BCUT2D eigenvalue weighted by Crippen LogP contribution is -2.22. The third-order valence-corrected chi connectivity index (χ3v) is 4.60. The first-order chi connectivity index (χ1) is 12.1. The predicted octanol–water partition coefficient (Wildman–Crippen LogP) is 3.32. The average molecular weight is 342 g/mol. The van der Waals surface area contributed by atoms with Crippen LogP contribution in [0.1, 0.15) is 60.3 Å². The number of nitrogens with zero attached hydrogens (tertiary/aromatic N) is 2. The molecule has 2 aliphatic rings. The zero-order valence-corrected chi connectivity index (χ0v) is 14.2. The molecule has 0 amide bonds. The van der Waals surface area contributed by atoms with Crippen LogP contribution in [-0.4, -0.2) is 34.1 Å². The number of fused-ring (bicyclic) bond motifs is 1. The first-order valence-electron chi connectivity index (χ1n) is 8.72. The normalized spacial score (nSPS) is 21.4. The van der Waals surface area contributed by atoms with Crippen LogP contribution >= 0.6 is 0 Å². The Morgan fingerprint density at radius 2 is 1.96 bits per heavy atom. The molecule has 0 aromatic carbocycles. The van der Waals surface area contributed by atoms with Crippen molar-refractivity contribution in [1.82, 2.24) is 5.16 Å². The molecule has 1 aromatic rings. The number of aliphatic hydroxyl groups is 1. The second-order valence-corrected chi connectivity index (χ2v) is 6.38. The minimum Gasteiger partial charge on any atom is -0.511 e. The van der Waals surface area contributed by atoms with Crippen molar-refractivity contribution in [3.05, 3.63) is 41.0 Å². The number of ketones is 2. The van der Waals surface area contributed by atoms with E-state index in [4.69, 9.17) is 4.52 Å². The molecule has 1 saturated carbocycles. The molecule has 2 aliphatic carbocycles. The average Bonchev–Trinajstić information content (AvgIpc) is 3.02. The Balaban J connectivity index is 1.80. The Labute approximate surface area is 146 Å². The van der Waals surface area contributed by atoms with E-state index in [0.29, 0.717) is 60.5 Å². The minimum atomic E-state index is -0.0789. The minimum absolute atomic E-state index is 0.0209. The quantitative estimate of drug-likeness (QED) is 0.503. The smallest absolute Gasteiger partial charge is 0.168 e. The molecule has 1 N–H and O–H groups in total. The second kappa shape index (κ2) is 7.59. The van der Waals surface area contributed by atoms with Gasteiger partial charge in [0, 0.05) is 37.8 Å². The highest BCUT2D eigenvalue weighted by atomic mass is 16.5. The van der Waals surface area contributed by atoms with Crippen LogP contribution in [0.15, 0.2) is 33.5 Å². The van der Waals surface area contributed by atoms with E-state index in [0.717, 1.165) is 19.3 Å². The van der Waals surface area contributed by atoms with Gasteiger partial charge < -0.3 is 9.63 Å². The topological polar surface area (TPSA) is 92.8 Å². The number of Topliss-reactive ketones (excluding diaryl/α,β-unsaturated/α-hetero) is 2. The van der Waals surface area contributed by atoms with Gasteiger partial charge in [0.05, 0.1) is 23.4 Å². The summed E-state index contributed by atoms with van der Waals surface area (Å²) in [6.07, 6.45) is 6.12. The van der Waals surface area contributed by atoms with E-state index in [1.807, 2.05) is 0 Å². The Bertz CT molecular complexity index is 770. The fourth-order valence-electron chi connectivity index (χ4n) is 3.40. The van der Waals surface area contributed by atoms with Crippen LogP contribution in [0, 0.1) is 0 Å². The Morgan fingerprint density at radius 3 is 2.76 bits per heavy atom. The van der Waals surface area contributed by atoms with E-state index in [1.54, 1.807) is 6.08 Å². The summed E-state index contributed by atoms with van der Waals surface area (Å²) in [7, 11) is 0. The largest absolute Gasteiger partial charge is 0.511 e. The summed E-state index contributed by atoms with van der Waals surface area (Å²) in [6, 6.07) is 0. The van der Waals surface area contributed by atoms with Crippen molar-refractivity contribution in [1.29, 1.82) is 0 Å². The van der Waals surface area contributed by atoms with Gasteiger partial charge in [-0.3, -0.25) is 14.6 Å². The zero-order valence-electron chi connectivity index (χ0n) is 14.2. The summed E-state index contributed by atoms with van der Waals surface area (Å²) >= 11 is 0. The van der Waals surface area contributed by atoms with Crippen molar-refractivity contribution in [2.75, 3.05) is 6.54 Å². The first kappa shape index (κ1) is 17.3. The van der Waals surface area contributed by atoms with Crippen molar-refractivity contribution < 1.29 is 19.2 Å². The summed E-state index contributed by atoms with van der Waals surface area (Å²) in [5, 5.41) is 14.5. The Kier molecular flexibility index (Phi) is 5.26. The summed E-state index contributed by atoms with van der Waals surface area (Å²) < 4.78 is 5.26. The summed E-state index contributed by atoms with van der Waals surface area (Å²) in [6.45, 7) is 4.05. The van der Waals surface area contributed by atoms with Crippen molar-refractivity contribution in [2.24, 2.45) is 4.99 Å². The molecule has 1 fully saturated rings. The van der Waals surface area contributed by atoms with E-state index in [9.17, 15) is 14.7 Å². The van der Waals surface area contributed by atoms with Gasteiger partial charge in [-0.1, -0.05) is 11.2 Å². The highest BCUT2D eigenvalue weighted by molar-refractivity contribution is 6.24. The molecule has 6 heteroatoms. The number of carbonyl (C=O) groups is 2. The maximum atomic E-state index is 12.2. The van der Waals surface area contributed by atoms with Gasteiger partial charge in [-0.05, 0) is 19.3 Å². The molecule has 1 heterocycles. The molecule has 1 aromatic heterocycles. The number of rotatable bonds is 5. The Morgan fingerprint density at radius 1 is 1.20 bits per heavy atom. The van der Waals surface area contributed by atoms with Crippen LogP contribution in [0.25, 0.3) is 0 Å². The van der Waals surface area contributed by atoms with Gasteiger partial charge in [0.2, 0.25) is 0 Å². The molecule has 0 spiro atoms. The molecule has 25 heavy (non-hydrogen) atoms. The van der Waals surface area contributed by atoms with Crippen LogP contribution in [0.2, 0.25) is 0 Å². The number of carbonyl (C=O) groups excluding carboxylic acids is 2. The van der Waals surface area contributed by atoms with Crippen LogP contribution in [0.5, 0.6) is 0 Å². The van der Waals surface area contributed by atoms with Crippen LogP contribution in [0.4, 0.5) is 0 Å². The van der Waals surface area contributed by atoms with Crippen LogP contribution < -0.4 is 0 Å². The molecule has 6 nitrogen and oxygen atoms in total. The molecule has 0 atom stereocenters. The van der Waals surface area contributed by atoms with Crippen molar-refractivity contribution in [2.45, 2.75) is 51.4 Å².